The zero-order valence-corrected chi connectivity index (χ0v) is 15.3. The van der Waals surface area contributed by atoms with Crippen LogP contribution >= 0.6 is 0 Å². The number of piperidine rings is 1. The third kappa shape index (κ3) is 3.51. The Labute approximate surface area is 148 Å². The van der Waals surface area contributed by atoms with Crippen molar-refractivity contribution in [3.05, 3.63) is 35.7 Å². The van der Waals surface area contributed by atoms with Gasteiger partial charge in [-0.1, -0.05) is 11.3 Å². The zero-order chi connectivity index (χ0) is 18.0. The van der Waals surface area contributed by atoms with E-state index in [1.807, 2.05) is 36.1 Å². The number of likely N-dealkylation sites (tertiary alicyclic amines) is 1. The largest absolute Gasteiger partial charge is 0.497 e. The van der Waals surface area contributed by atoms with E-state index in [0.29, 0.717) is 11.7 Å². The number of nitrogens with zero attached hydrogens (tertiary/aromatic N) is 5. The van der Waals surface area contributed by atoms with Crippen molar-refractivity contribution in [2.45, 2.75) is 25.8 Å². The summed E-state index contributed by atoms with van der Waals surface area (Å²) in [5.74, 6) is 0.704. The summed E-state index contributed by atoms with van der Waals surface area (Å²) < 4.78 is 6.94. The van der Waals surface area contributed by atoms with Crippen molar-refractivity contribution in [3.8, 4) is 11.4 Å². The summed E-state index contributed by atoms with van der Waals surface area (Å²) in [7, 11) is 5.80. The highest BCUT2D eigenvalue weighted by Gasteiger charge is 2.28. The summed E-state index contributed by atoms with van der Waals surface area (Å²) in [6, 6.07) is 8.09. The van der Waals surface area contributed by atoms with Gasteiger partial charge in [0.1, 0.15) is 5.75 Å². The first-order valence-electron chi connectivity index (χ1n) is 8.53. The van der Waals surface area contributed by atoms with Crippen LogP contribution in [0.1, 0.15) is 29.0 Å². The second kappa shape index (κ2) is 7.23. The van der Waals surface area contributed by atoms with E-state index in [4.69, 9.17) is 4.74 Å². The Morgan fingerprint density at radius 1 is 1.28 bits per heavy atom. The van der Waals surface area contributed by atoms with Gasteiger partial charge in [-0.25, -0.2) is 4.68 Å². The van der Waals surface area contributed by atoms with Crippen LogP contribution in [0.2, 0.25) is 0 Å². The van der Waals surface area contributed by atoms with Crippen molar-refractivity contribution in [3.63, 3.8) is 0 Å². The van der Waals surface area contributed by atoms with Crippen molar-refractivity contribution in [1.82, 2.24) is 24.8 Å². The number of hydrogen-bond acceptors (Lipinski definition) is 5. The molecule has 1 amide bonds. The number of ether oxygens (including phenoxy) is 1. The first-order chi connectivity index (χ1) is 12.0. The zero-order valence-electron chi connectivity index (χ0n) is 15.3. The standard InChI is InChI=1S/C18H25N5O2/c1-13-17(18(24)22-10-8-14(9-11-22)21(2)3)19-20-23(13)15-6-5-7-16(12-15)25-4/h5-7,12,14H,8-11H2,1-4H3. The van der Waals surface area contributed by atoms with Gasteiger partial charge in [-0.3, -0.25) is 4.79 Å². The fourth-order valence-corrected chi connectivity index (χ4v) is 3.25. The van der Waals surface area contributed by atoms with E-state index in [9.17, 15) is 4.79 Å². The molecule has 0 unspecified atom stereocenters. The monoisotopic (exact) mass is 343 g/mol. The lowest BCUT2D eigenvalue weighted by molar-refractivity contribution is 0.0656. The van der Waals surface area contributed by atoms with E-state index in [1.165, 1.54) is 0 Å². The highest BCUT2D eigenvalue weighted by atomic mass is 16.5. The number of methoxy groups -OCH3 is 1. The predicted molar refractivity (Wildman–Crippen MR) is 95.3 cm³/mol. The second-order valence-electron chi connectivity index (χ2n) is 6.62. The topological polar surface area (TPSA) is 63.5 Å². The molecule has 0 radical (unpaired) electrons. The van der Waals surface area contributed by atoms with E-state index in [-0.39, 0.29) is 5.91 Å². The average Bonchev–Trinajstić information content (AvgIpc) is 3.02. The minimum absolute atomic E-state index is 0.0381. The molecule has 1 aliphatic heterocycles. The molecule has 2 aromatic rings. The molecule has 1 aliphatic rings. The molecule has 134 valence electrons. The van der Waals surface area contributed by atoms with Crippen molar-refractivity contribution in [1.29, 1.82) is 0 Å². The van der Waals surface area contributed by atoms with Crippen LogP contribution < -0.4 is 4.74 Å². The van der Waals surface area contributed by atoms with E-state index in [2.05, 4.69) is 29.3 Å². The Morgan fingerprint density at radius 2 is 2.00 bits per heavy atom. The fraction of sp³-hybridized carbons (Fsp3) is 0.500. The van der Waals surface area contributed by atoms with Gasteiger partial charge in [0.25, 0.3) is 5.91 Å². The number of rotatable bonds is 4. The molecule has 2 heterocycles. The summed E-state index contributed by atoms with van der Waals surface area (Å²) in [5, 5.41) is 8.32. The van der Waals surface area contributed by atoms with E-state index in [0.717, 1.165) is 43.1 Å². The van der Waals surface area contributed by atoms with Gasteiger partial charge in [0.15, 0.2) is 5.69 Å². The van der Waals surface area contributed by atoms with Crippen LogP contribution in [0.15, 0.2) is 24.3 Å². The molecule has 1 aromatic heterocycles. The van der Waals surface area contributed by atoms with Gasteiger partial charge in [0.05, 0.1) is 18.5 Å². The summed E-state index contributed by atoms with van der Waals surface area (Å²) in [6.07, 6.45) is 1.98. The van der Waals surface area contributed by atoms with Crippen molar-refractivity contribution < 1.29 is 9.53 Å². The van der Waals surface area contributed by atoms with Crippen LogP contribution in [-0.4, -0.2) is 71.0 Å². The Morgan fingerprint density at radius 3 is 2.64 bits per heavy atom. The molecule has 0 N–H and O–H groups in total. The Bertz CT molecular complexity index is 748. The normalized spacial score (nSPS) is 15.6. The smallest absolute Gasteiger partial charge is 0.276 e. The SMILES string of the molecule is COc1cccc(-n2nnc(C(=O)N3CCC(N(C)C)CC3)c2C)c1. The van der Waals surface area contributed by atoms with E-state index >= 15 is 0 Å². The molecule has 0 bridgehead atoms. The van der Waals surface area contributed by atoms with Gasteiger partial charge in [0, 0.05) is 25.2 Å². The summed E-state index contributed by atoms with van der Waals surface area (Å²) >= 11 is 0. The average molecular weight is 343 g/mol. The predicted octanol–water partition coefficient (Wildman–Crippen LogP) is 1.75. The quantitative estimate of drug-likeness (QED) is 0.846. The summed E-state index contributed by atoms with van der Waals surface area (Å²) in [4.78, 5) is 16.9. The van der Waals surface area contributed by atoms with Crippen molar-refractivity contribution in [2.75, 3.05) is 34.3 Å². The maximum atomic E-state index is 12.8. The van der Waals surface area contributed by atoms with Gasteiger partial charge >= 0.3 is 0 Å². The molecule has 7 nitrogen and oxygen atoms in total. The number of amides is 1. The van der Waals surface area contributed by atoms with Gasteiger partial charge in [-0.05, 0) is 46.0 Å². The molecule has 1 saturated heterocycles. The lowest BCUT2D eigenvalue weighted by atomic mass is 10.0. The Hall–Kier alpha value is -2.41. The van der Waals surface area contributed by atoms with Crippen LogP contribution in [0.3, 0.4) is 0 Å². The summed E-state index contributed by atoms with van der Waals surface area (Å²) in [6.45, 7) is 3.39. The van der Waals surface area contributed by atoms with E-state index in [1.54, 1.807) is 11.8 Å². The summed E-state index contributed by atoms with van der Waals surface area (Å²) in [5.41, 5.74) is 1.99. The van der Waals surface area contributed by atoms with Crippen LogP contribution in [-0.2, 0) is 0 Å². The molecular weight excluding hydrogens is 318 g/mol. The fourth-order valence-electron chi connectivity index (χ4n) is 3.25. The van der Waals surface area contributed by atoms with Gasteiger partial charge in [-0.15, -0.1) is 5.10 Å². The highest BCUT2D eigenvalue weighted by Crippen LogP contribution is 2.20. The Balaban J connectivity index is 1.78. The molecular formula is C18H25N5O2. The second-order valence-corrected chi connectivity index (χ2v) is 6.62. The van der Waals surface area contributed by atoms with Gasteiger partial charge in [0.2, 0.25) is 0 Å². The van der Waals surface area contributed by atoms with Gasteiger partial charge < -0.3 is 14.5 Å². The number of carbonyl (C=O) groups is 1. The molecule has 25 heavy (non-hydrogen) atoms. The maximum absolute atomic E-state index is 12.8. The van der Waals surface area contributed by atoms with Crippen LogP contribution in [0, 0.1) is 6.92 Å². The molecule has 1 fully saturated rings. The Kier molecular flexibility index (Phi) is 5.03. The number of aromatic nitrogens is 3. The van der Waals surface area contributed by atoms with E-state index < -0.39 is 0 Å². The molecule has 0 atom stereocenters. The number of hydrogen-bond donors (Lipinski definition) is 0. The first kappa shape index (κ1) is 17.4. The molecule has 1 aromatic carbocycles. The number of carbonyl (C=O) groups excluding carboxylic acids is 1. The third-order valence-corrected chi connectivity index (χ3v) is 4.88. The third-order valence-electron chi connectivity index (χ3n) is 4.88. The first-order valence-corrected chi connectivity index (χ1v) is 8.53. The maximum Gasteiger partial charge on any atom is 0.276 e. The highest BCUT2D eigenvalue weighted by molar-refractivity contribution is 5.93. The molecule has 3 rings (SSSR count). The van der Waals surface area contributed by atoms with Crippen molar-refractivity contribution >= 4 is 5.91 Å². The van der Waals surface area contributed by atoms with Crippen molar-refractivity contribution in [2.24, 2.45) is 0 Å². The number of benzene rings is 1. The molecule has 0 aliphatic carbocycles. The van der Waals surface area contributed by atoms with Crippen LogP contribution in [0.25, 0.3) is 5.69 Å². The van der Waals surface area contributed by atoms with Crippen LogP contribution in [0.5, 0.6) is 5.75 Å². The minimum atomic E-state index is -0.0381. The lowest BCUT2D eigenvalue weighted by Gasteiger charge is -2.34. The van der Waals surface area contributed by atoms with Gasteiger partial charge in [-0.2, -0.15) is 0 Å². The molecule has 7 heteroatoms. The molecule has 0 saturated carbocycles. The lowest BCUT2D eigenvalue weighted by Crippen LogP contribution is -2.44. The minimum Gasteiger partial charge on any atom is -0.497 e. The van der Waals surface area contributed by atoms with Crippen LogP contribution in [0.4, 0.5) is 0 Å². The molecule has 0 spiro atoms.